The largest absolute Gasteiger partial charge is 0.493 e. The second kappa shape index (κ2) is 9.02. The molecule has 0 spiro atoms. The third-order valence-electron chi connectivity index (χ3n) is 6.53. The molecule has 3 aromatic rings. The number of ether oxygens (including phenoxy) is 2. The number of alkyl halides is 3. The van der Waals surface area contributed by atoms with Crippen LogP contribution < -0.4 is 14.8 Å². The van der Waals surface area contributed by atoms with Crippen LogP contribution >= 0.6 is 15.9 Å². The van der Waals surface area contributed by atoms with E-state index < -0.39 is 11.7 Å². The van der Waals surface area contributed by atoms with E-state index >= 15 is 0 Å². The molecule has 3 atom stereocenters. The maximum absolute atomic E-state index is 13.3. The molecule has 34 heavy (non-hydrogen) atoms. The summed E-state index contributed by atoms with van der Waals surface area (Å²) < 4.78 is 52.4. The van der Waals surface area contributed by atoms with E-state index in [0.717, 1.165) is 33.8 Å². The monoisotopic (exact) mass is 529 g/mol. The lowest BCUT2D eigenvalue weighted by Crippen LogP contribution is -2.29. The van der Waals surface area contributed by atoms with Crippen molar-refractivity contribution in [3.63, 3.8) is 0 Å². The van der Waals surface area contributed by atoms with Crippen LogP contribution in [-0.4, -0.2) is 7.11 Å². The van der Waals surface area contributed by atoms with Crippen LogP contribution in [0.15, 0.2) is 77.3 Å². The first-order valence-corrected chi connectivity index (χ1v) is 11.8. The number of fused-ring (bicyclic) bond motifs is 3. The number of hydrogen-bond acceptors (Lipinski definition) is 3. The van der Waals surface area contributed by atoms with Gasteiger partial charge in [-0.2, -0.15) is 13.2 Å². The molecular formula is C27H23BrF3NO2. The molecular weight excluding hydrogens is 507 g/mol. The van der Waals surface area contributed by atoms with Crippen molar-refractivity contribution in [2.75, 3.05) is 12.4 Å². The van der Waals surface area contributed by atoms with E-state index in [2.05, 4.69) is 27.3 Å². The number of nitrogens with one attached hydrogen (secondary N) is 1. The number of hydrogen-bond donors (Lipinski definition) is 1. The van der Waals surface area contributed by atoms with Crippen molar-refractivity contribution in [1.29, 1.82) is 0 Å². The second-order valence-corrected chi connectivity index (χ2v) is 9.44. The van der Waals surface area contributed by atoms with Gasteiger partial charge in [0.05, 0.1) is 23.2 Å². The van der Waals surface area contributed by atoms with Crippen LogP contribution in [0.25, 0.3) is 0 Å². The van der Waals surface area contributed by atoms with E-state index in [9.17, 15) is 13.2 Å². The standard InChI is InChI=1S/C27H23BrF3NO2/c1-33-24-13-17(12-22(28)26(24)34-15-16-6-3-2-4-7-16)25-20-9-5-8-19(20)21-14-18(27(29,30)31)10-11-23(21)32-25/h2-8,10-14,19-20,25,32H,9,15H2,1H3. The molecule has 0 aromatic heterocycles. The van der Waals surface area contributed by atoms with Gasteiger partial charge in [-0.1, -0.05) is 42.5 Å². The van der Waals surface area contributed by atoms with Crippen molar-refractivity contribution in [3.05, 3.63) is 99.5 Å². The van der Waals surface area contributed by atoms with Crippen molar-refractivity contribution < 1.29 is 22.6 Å². The summed E-state index contributed by atoms with van der Waals surface area (Å²) in [5, 5.41) is 3.49. The van der Waals surface area contributed by atoms with Crippen LogP contribution in [0.5, 0.6) is 11.5 Å². The average Bonchev–Trinajstić information content (AvgIpc) is 3.32. The van der Waals surface area contributed by atoms with E-state index in [0.29, 0.717) is 23.7 Å². The number of rotatable bonds is 5. The zero-order valence-electron chi connectivity index (χ0n) is 18.4. The highest BCUT2D eigenvalue weighted by Crippen LogP contribution is 2.52. The molecule has 2 aliphatic rings. The average molecular weight is 530 g/mol. The van der Waals surface area contributed by atoms with Gasteiger partial charge in [-0.3, -0.25) is 0 Å². The van der Waals surface area contributed by atoms with E-state index in [1.54, 1.807) is 7.11 Å². The van der Waals surface area contributed by atoms with E-state index in [1.807, 2.05) is 48.5 Å². The first-order valence-electron chi connectivity index (χ1n) is 11.0. The third-order valence-corrected chi connectivity index (χ3v) is 7.12. The minimum Gasteiger partial charge on any atom is -0.493 e. The van der Waals surface area contributed by atoms with Gasteiger partial charge in [-0.15, -0.1) is 0 Å². The Hall–Kier alpha value is -2.93. The molecule has 0 saturated carbocycles. The van der Waals surface area contributed by atoms with Gasteiger partial charge in [-0.05, 0) is 75.3 Å². The van der Waals surface area contributed by atoms with E-state index in [-0.39, 0.29) is 17.9 Å². The minimum atomic E-state index is -4.36. The fourth-order valence-electron chi connectivity index (χ4n) is 4.89. The topological polar surface area (TPSA) is 30.5 Å². The van der Waals surface area contributed by atoms with Crippen molar-refractivity contribution >= 4 is 21.6 Å². The summed E-state index contributed by atoms with van der Waals surface area (Å²) in [6.07, 6.45) is 0.506. The van der Waals surface area contributed by atoms with Gasteiger partial charge < -0.3 is 14.8 Å². The zero-order valence-corrected chi connectivity index (χ0v) is 20.0. The molecule has 7 heteroatoms. The molecule has 5 rings (SSSR count). The molecule has 176 valence electrons. The van der Waals surface area contributed by atoms with Crippen LogP contribution in [0, 0.1) is 5.92 Å². The van der Waals surface area contributed by atoms with E-state index in [1.165, 1.54) is 12.1 Å². The molecule has 3 aromatic carbocycles. The maximum atomic E-state index is 13.3. The molecule has 0 amide bonds. The zero-order chi connectivity index (χ0) is 23.9. The van der Waals surface area contributed by atoms with Gasteiger partial charge in [0.2, 0.25) is 0 Å². The number of allylic oxidation sites excluding steroid dienone is 2. The summed E-state index contributed by atoms with van der Waals surface area (Å²) in [7, 11) is 1.60. The molecule has 0 fully saturated rings. The van der Waals surface area contributed by atoms with Gasteiger partial charge in [-0.25, -0.2) is 0 Å². The van der Waals surface area contributed by atoms with Crippen molar-refractivity contribution in [3.8, 4) is 11.5 Å². The molecule has 1 N–H and O–H groups in total. The summed E-state index contributed by atoms with van der Waals surface area (Å²) in [4.78, 5) is 0. The van der Waals surface area contributed by atoms with Crippen LogP contribution in [0.3, 0.4) is 0 Å². The lowest BCUT2D eigenvalue weighted by atomic mass is 9.76. The van der Waals surface area contributed by atoms with Crippen molar-refractivity contribution in [1.82, 2.24) is 0 Å². The van der Waals surface area contributed by atoms with Gasteiger partial charge in [0.1, 0.15) is 6.61 Å². The number of methoxy groups -OCH3 is 1. The Morgan fingerprint density at radius 2 is 1.85 bits per heavy atom. The lowest BCUT2D eigenvalue weighted by molar-refractivity contribution is -0.137. The molecule has 3 nitrogen and oxygen atoms in total. The highest BCUT2D eigenvalue weighted by molar-refractivity contribution is 9.10. The maximum Gasteiger partial charge on any atom is 0.416 e. The Morgan fingerprint density at radius 3 is 2.59 bits per heavy atom. The SMILES string of the molecule is COc1cc(C2Nc3ccc(C(F)(F)F)cc3C3C=CCC32)cc(Br)c1OCc1ccccc1. The molecule has 0 radical (unpaired) electrons. The summed E-state index contributed by atoms with van der Waals surface area (Å²) in [6, 6.07) is 17.7. The molecule has 0 bridgehead atoms. The highest BCUT2D eigenvalue weighted by atomic mass is 79.9. The Balaban J connectivity index is 1.46. The van der Waals surface area contributed by atoms with Gasteiger partial charge >= 0.3 is 6.18 Å². The molecule has 1 heterocycles. The quantitative estimate of drug-likeness (QED) is 0.341. The number of anilines is 1. The van der Waals surface area contributed by atoms with Gasteiger partial charge in [0, 0.05) is 11.6 Å². The molecule has 3 unspecified atom stereocenters. The fraction of sp³-hybridized carbons (Fsp3) is 0.259. The normalized spacial score (nSPS) is 20.9. The predicted octanol–water partition coefficient (Wildman–Crippen LogP) is 7.88. The predicted molar refractivity (Wildman–Crippen MR) is 129 cm³/mol. The first-order chi connectivity index (χ1) is 16.3. The molecule has 1 aliphatic carbocycles. The van der Waals surface area contributed by atoms with Crippen LogP contribution in [0.4, 0.5) is 18.9 Å². The smallest absolute Gasteiger partial charge is 0.416 e. The Labute approximate surface area is 204 Å². The summed E-state index contributed by atoms with van der Waals surface area (Å²) in [5.74, 6) is 1.23. The van der Waals surface area contributed by atoms with Crippen LogP contribution in [0.2, 0.25) is 0 Å². The first kappa shape index (κ1) is 22.8. The number of halogens is 4. The van der Waals surface area contributed by atoms with E-state index in [4.69, 9.17) is 9.47 Å². The lowest BCUT2D eigenvalue weighted by Gasteiger charge is -2.38. The van der Waals surface area contributed by atoms with Crippen molar-refractivity contribution in [2.24, 2.45) is 5.92 Å². The summed E-state index contributed by atoms with van der Waals surface area (Å²) in [6.45, 7) is 0.403. The van der Waals surface area contributed by atoms with Crippen molar-refractivity contribution in [2.45, 2.75) is 31.2 Å². The van der Waals surface area contributed by atoms with Gasteiger partial charge in [0.25, 0.3) is 0 Å². The highest BCUT2D eigenvalue weighted by Gasteiger charge is 2.40. The second-order valence-electron chi connectivity index (χ2n) is 8.58. The summed E-state index contributed by atoms with van der Waals surface area (Å²) >= 11 is 3.64. The van der Waals surface area contributed by atoms with Gasteiger partial charge in [0.15, 0.2) is 11.5 Å². The third kappa shape index (κ3) is 4.29. The summed E-state index contributed by atoms with van der Waals surface area (Å²) in [5.41, 5.74) is 2.84. The van der Waals surface area contributed by atoms with Crippen LogP contribution in [-0.2, 0) is 12.8 Å². The Bertz CT molecular complexity index is 1230. The molecule has 0 saturated heterocycles. The number of benzene rings is 3. The Morgan fingerprint density at radius 1 is 1.06 bits per heavy atom. The Kier molecular flexibility index (Phi) is 6.06. The van der Waals surface area contributed by atoms with Crippen LogP contribution in [0.1, 0.15) is 40.6 Å². The fourth-order valence-corrected chi connectivity index (χ4v) is 5.46. The molecule has 1 aliphatic heterocycles. The minimum absolute atomic E-state index is 0.0812.